The predicted octanol–water partition coefficient (Wildman–Crippen LogP) is 4.72. The number of aliphatic hydroxyl groups excluding tert-OH is 1. The van der Waals surface area contributed by atoms with Crippen molar-refractivity contribution >= 4 is 8.32 Å². The Hall–Kier alpha value is -0.793. The monoisotopic (exact) mass is 396 g/mol. The summed E-state index contributed by atoms with van der Waals surface area (Å²) in [7, 11) is -1.87. The molecule has 1 spiro atoms. The van der Waals surface area contributed by atoms with E-state index in [2.05, 4.69) is 33.9 Å². The summed E-state index contributed by atoms with van der Waals surface area (Å²) in [5.74, 6) is -1.15. The molecule has 4 nitrogen and oxygen atoms in total. The van der Waals surface area contributed by atoms with Crippen molar-refractivity contribution in [2.24, 2.45) is 0 Å². The number of halogens is 1. The quantitative estimate of drug-likeness (QED) is 0.748. The van der Waals surface area contributed by atoms with E-state index in [0.29, 0.717) is 44.6 Å². The Morgan fingerprint density at radius 2 is 1.93 bits per heavy atom. The maximum absolute atomic E-state index is 14.8. The van der Waals surface area contributed by atoms with Crippen molar-refractivity contribution in [1.82, 2.24) is 0 Å². The number of ether oxygens (including phenoxy) is 2. The molecule has 0 amide bonds. The minimum atomic E-state index is -1.87. The lowest BCUT2D eigenvalue weighted by molar-refractivity contribution is -0.199. The zero-order valence-corrected chi connectivity index (χ0v) is 18.2. The molecule has 3 rings (SSSR count). The van der Waals surface area contributed by atoms with Gasteiger partial charge in [-0.25, -0.2) is 4.39 Å². The van der Waals surface area contributed by atoms with Crippen LogP contribution in [0.4, 0.5) is 4.39 Å². The Bertz CT molecular complexity index is 665. The fourth-order valence-corrected chi connectivity index (χ4v) is 4.65. The zero-order valence-electron chi connectivity index (χ0n) is 17.2. The molecule has 0 radical (unpaired) electrons. The van der Waals surface area contributed by atoms with Crippen molar-refractivity contribution in [2.45, 2.75) is 82.6 Å². The van der Waals surface area contributed by atoms with Crippen LogP contribution in [0.2, 0.25) is 18.1 Å². The highest BCUT2D eigenvalue weighted by molar-refractivity contribution is 6.74. The predicted molar refractivity (Wildman–Crippen MR) is 106 cm³/mol. The van der Waals surface area contributed by atoms with Crippen LogP contribution in [0.25, 0.3) is 0 Å². The molecule has 1 aliphatic heterocycles. The smallest absolute Gasteiger partial charge is 0.192 e. The van der Waals surface area contributed by atoms with Crippen LogP contribution in [0.3, 0.4) is 0 Å². The third-order valence-electron chi connectivity index (χ3n) is 6.50. The molecule has 2 unspecified atom stereocenters. The number of rotatable bonds is 4. The summed E-state index contributed by atoms with van der Waals surface area (Å²) in [5.41, 5.74) is 1.41. The normalized spacial score (nSPS) is 25.9. The van der Waals surface area contributed by atoms with E-state index in [9.17, 15) is 9.50 Å². The third-order valence-corrected chi connectivity index (χ3v) is 11.0. The van der Waals surface area contributed by atoms with Crippen LogP contribution < -0.4 is 0 Å². The van der Waals surface area contributed by atoms with E-state index in [4.69, 9.17) is 13.9 Å². The van der Waals surface area contributed by atoms with Gasteiger partial charge in [0.05, 0.1) is 25.9 Å². The molecule has 1 aromatic carbocycles. The summed E-state index contributed by atoms with van der Waals surface area (Å²) < 4.78 is 32.4. The van der Waals surface area contributed by atoms with E-state index in [0.717, 1.165) is 5.56 Å². The molecule has 6 heteroatoms. The number of hydrogen-bond donors (Lipinski definition) is 1. The van der Waals surface area contributed by atoms with Gasteiger partial charge in [0, 0.05) is 18.8 Å². The molecule has 1 saturated heterocycles. The molecule has 1 N–H and O–H groups in total. The topological polar surface area (TPSA) is 47.9 Å². The van der Waals surface area contributed by atoms with Crippen LogP contribution in [0.15, 0.2) is 18.2 Å². The van der Waals surface area contributed by atoms with E-state index < -0.39 is 20.2 Å². The number of hydrogen-bond acceptors (Lipinski definition) is 4. The first kappa shape index (κ1) is 20.9. The summed E-state index contributed by atoms with van der Waals surface area (Å²) in [6, 6.07) is 5.29. The van der Waals surface area contributed by atoms with Crippen LogP contribution >= 0.6 is 0 Å². The summed E-state index contributed by atoms with van der Waals surface area (Å²) in [6.45, 7) is 12.5. The maximum atomic E-state index is 14.8. The average Bonchev–Trinajstić information content (AvgIpc) is 3.01. The lowest BCUT2D eigenvalue weighted by atomic mass is 9.78. The Balaban J connectivity index is 1.67. The van der Waals surface area contributed by atoms with Crippen LogP contribution in [0.5, 0.6) is 0 Å². The van der Waals surface area contributed by atoms with Gasteiger partial charge in [-0.05, 0) is 41.7 Å². The first-order chi connectivity index (χ1) is 12.5. The van der Waals surface area contributed by atoms with Crippen molar-refractivity contribution in [2.75, 3.05) is 13.2 Å². The molecule has 2 aliphatic rings. The highest BCUT2D eigenvalue weighted by Gasteiger charge is 2.45. The van der Waals surface area contributed by atoms with Gasteiger partial charge in [-0.3, -0.25) is 0 Å². The Kier molecular flexibility index (Phi) is 5.86. The second-order valence-corrected chi connectivity index (χ2v) is 14.2. The highest BCUT2D eigenvalue weighted by Crippen LogP contribution is 2.43. The molecule has 152 valence electrons. The fraction of sp³-hybridized carbons (Fsp3) is 0.714. The summed E-state index contributed by atoms with van der Waals surface area (Å²) in [6.07, 6.45) is 1.07. The zero-order chi connectivity index (χ0) is 19.9. The molecule has 1 saturated carbocycles. The lowest BCUT2D eigenvalue weighted by Gasteiger charge is -2.39. The molecule has 2 atom stereocenters. The van der Waals surface area contributed by atoms with Crippen molar-refractivity contribution < 1.29 is 23.4 Å². The number of benzene rings is 1. The Morgan fingerprint density at radius 3 is 2.48 bits per heavy atom. The second-order valence-electron chi connectivity index (χ2n) is 9.43. The summed E-state index contributed by atoms with van der Waals surface area (Å²) >= 11 is 0. The maximum Gasteiger partial charge on any atom is 0.192 e. The fourth-order valence-electron chi connectivity index (χ4n) is 3.69. The van der Waals surface area contributed by atoms with E-state index >= 15 is 0 Å². The van der Waals surface area contributed by atoms with Crippen molar-refractivity contribution in [1.29, 1.82) is 0 Å². The van der Waals surface area contributed by atoms with Gasteiger partial charge in [-0.1, -0.05) is 32.9 Å². The first-order valence-corrected chi connectivity index (χ1v) is 12.8. The molecule has 2 fully saturated rings. The van der Waals surface area contributed by atoms with Gasteiger partial charge in [-0.15, -0.1) is 0 Å². The van der Waals surface area contributed by atoms with E-state index in [1.54, 1.807) is 6.07 Å². The second kappa shape index (κ2) is 7.56. The minimum absolute atomic E-state index is 0.123. The van der Waals surface area contributed by atoms with Crippen molar-refractivity contribution in [3.8, 4) is 0 Å². The van der Waals surface area contributed by atoms with E-state index in [1.807, 2.05) is 12.1 Å². The molecular formula is C21H33FO4Si. The minimum Gasteiger partial charge on any atom is -0.413 e. The summed E-state index contributed by atoms with van der Waals surface area (Å²) in [5, 5.41) is 10.7. The average molecular weight is 397 g/mol. The highest BCUT2D eigenvalue weighted by atomic mass is 28.4. The van der Waals surface area contributed by atoms with Crippen LogP contribution in [0.1, 0.15) is 57.1 Å². The molecule has 27 heavy (non-hydrogen) atoms. The van der Waals surface area contributed by atoms with Gasteiger partial charge in [0.1, 0.15) is 5.82 Å². The van der Waals surface area contributed by atoms with Gasteiger partial charge in [-0.2, -0.15) is 0 Å². The van der Waals surface area contributed by atoms with Crippen LogP contribution in [-0.4, -0.2) is 38.5 Å². The molecule has 0 bridgehead atoms. The lowest BCUT2D eigenvalue weighted by Crippen LogP contribution is -2.42. The molecule has 1 aromatic rings. The first-order valence-electron chi connectivity index (χ1n) is 9.91. The van der Waals surface area contributed by atoms with Crippen molar-refractivity contribution in [3.05, 3.63) is 35.1 Å². The van der Waals surface area contributed by atoms with Gasteiger partial charge < -0.3 is 19.0 Å². The molecule has 0 aromatic heterocycles. The SMILES string of the molecule is CC(C)(C)[Si](C)(C)OCc1ccc(C2CCC3(CC2O)OCCO3)c(F)c1. The standard InChI is InChI=1S/C21H33FO4Si/c1-20(2,3)27(4,5)26-14-15-6-7-16(18(22)12-15)17-8-9-21(13-19(17)23)24-10-11-25-21/h6-7,12,17,19,23H,8-11,13-14H2,1-5H3. The van der Waals surface area contributed by atoms with Gasteiger partial charge in [0.15, 0.2) is 14.1 Å². The van der Waals surface area contributed by atoms with Gasteiger partial charge in [0.25, 0.3) is 0 Å². The van der Waals surface area contributed by atoms with E-state index in [-0.39, 0.29) is 16.8 Å². The molecule has 1 aliphatic carbocycles. The Labute approximate surface area is 163 Å². The molecule has 1 heterocycles. The Morgan fingerprint density at radius 1 is 1.26 bits per heavy atom. The molecular weight excluding hydrogens is 363 g/mol. The van der Waals surface area contributed by atoms with Crippen molar-refractivity contribution in [3.63, 3.8) is 0 Å². The number of aliphatic hydroxyl groups is 1. The van der Waals surface area contributed by atoms with E-state index in [1.165, 1.54) is 0 Å². The largest absolute Gasteiger partial charge is 0.413 e. The van der Waals surface area contributed by atoms with Crippen LogP contribution in [-0.2, 0) is 20.5 Å². The summed E-state index contributed by atoms with van der Waals surface area (Å²) in [4.78, 5) is 0. The van der Waals surface area contributed by atoms with Crippen LogP contribution in [0, 0.1) is 5.82 Å². The van der Waals surface area contributed by atoms with Gasteiger partial charge >= 0.3 is 0 Å². The van der Waals surface area contributed by atoms with Gasteiger partial charge in [0.2, 0.25) is 0 Å². The third kappa shape index (κ3) is 4.45.